The Balaban J connectivity index is 1.81. The van der Waals surface area contributed by atoms with Gasteiger partial charge in [0.15, 0.2) is 0 Å². The molecule has 0 aliphatic rings. The molecule has 5 heteroatoms. The van der Waals surface area contributed by atoms with Crippen LogP contribution < -0.4 is 5.32 Å². The molecule has 0 spiro atoms. The second-order valence-corrected chi connectivity index (χ2v) is 5.61. The monoisotopic (exact) mass is 320 g/mol. The maximum absolute atomic E-state index is 12.5. The fourth-order valence-electron chi connectivity index (χ4n) is 2.58. The van der Waals surface area contributed by atoms with E-state index in [1.165, 1.54) is 5.56 Å². The van der Waals surface area contributed by atoms with Crippen molar-refractivity contribution in [1.29, 1.82) is 0 Å². The molecule has 0 saturated carbocycles. The second kappa shape index (κ2) is 7.08. The van der Waals surface area contributed by atoms with Crippen molar-refractivity contribution in [2.24, 2.45) is 0 Å². The number of amides is 1. The first-order valence-corrected chi connectivity index (χ1v) is 8.01. The first-order valence-electron chi connectivity index (χ1n) is 8.01. The summed E-state index contributed by atoms with van der Waals surface area (Å²) in [5.41, 5.74) is 4.49. The van der Waals surface area contributed by atoms with Crippen LogP contribution in [-0.2, 0) is 13.0 Å². The molecule has 0 aliphatic heterocycles. The van der Waals surface area contributed by atoms with Gasteiger partial charge in [-0.25, -0.2) is 4.68 Å². The van der Waals surface area contributed by atoms with Crippen molar-refractivity contribution in [2.45, 2.75) is 26.8 Å². The summed E-state index contributed by atoms with van der Waals surface area (Å²) in [6, 6.07) is 13.7. The van der Waals surface area contributed by atoms with Gasteiger partial charge in [-0.3, -0.25) is 9.78 Å². The number of nitrogens with one attached hydrogen (secondary N) is 1. The third-order valence-corrected chi connectivity index (χ3v) is 3.88. The third kappa shape index (κ3) is 3.35. The van der Waals surface area contributed by atoms with Gasteiger partial charge in [0.2, 0.25) is 0 Å². The molecule has 3 rings (SSSR count). The number of hydrogen-bond acceptors (Lipinski definition) is 3. The van der Waals surface area contributed by atoms with E-state index in [1.807, 2.05) is 61.0 Å². The lowest BCUT2D eigenvalue weighted by Gasteiger charge is -2.09. The highest BCUT2D eigenvalue weighted by atomic mass is 16.1. The van der Waals surface area contributed by atoms with E-state index in [0.29, 0.717) is 12.1 Å². The van der Waals surface area contributed by atoms with Crippen LogP contribution in [0.15, 0.2) is 54.9 Å². The van der Waals surface area contributed by atoms with Crippen LogP contribution in [0.4, 0.5) is 0 Å². The summed E-state index contributed by atoms with van der Waals surface area (Å²) >= 11 is 0. The first kappa shape index (κ1) is 15.9. The molecule has 5 nitrogen and oxygen atoms in total. The van der Waals surface area contributed by atoms with E-state index >= 15 is 0 Å². The number of carbonyl (C=O) groups is 1. The van der Waals surface area contributed by atoms with Crippen molar-refractivity contribution >= 4 is 5.91 Å². The molecule has 0 aliphatic carbocycles. The van der Waals surface area contributed by atoms with Gasteiger partial charge in [-0.1, -0.05) is 30.7 Å². The standard InChI is InChI=1S/C19H20N4O/c1-3-18-17(19(24)21-12-15-6-4-5-11-20-15)13-22-23(18)16-9-7-14(2)8-10-16/h4-11,13H,3,12H2,1-2H3,(H,21,24). The number of hydrogen-bond donors (Lipinski definition) is 1. The minimum absolute atomic E-state index is 0.129. The molecule has 122 valence electrons. The van der Waals surface area contributed by atoms with Crippen LogP contribution in [-0.4, -0.2) is 20.7 Å². The van der Waals surface area contributed by atoms with Crippen LogP contribution in [0.1, 0.15) is 34.2 Å². The van der Waals surface area contributed by atoms with E-state index in [4.69, 9.17) is 0 Å². The average Bonchev–Trinajstić information content (AvgIpc) is 3.05. The van der Waals surface area contributed by atoms with Crippen LogP contribution >= 0.6 is 0 Å². The Hall–Kier alpha value is -2.95. The van der Waals surface area contributed by atoms with Crippen molar-refractivity contribution in [3.8, 4) is 5.69 Å². The Morgan fingerprint density at radius 1 is 1.17 bits per heavy atom. The van der Waals surface area contributed by atoms with Crippen molar-refractivity contribution in [3.63, 3.8) is 0 Å². The van der Waals surface area contributed by atoms with Gasteiger partial charge in [0, 0.05) is 6.20 Å². The molecule has 0 radical (unpaired) electrons. The zero-order chi connectivity index (χ0) is 16.9. The fourth-order valence-corrected chi connectivity index (χ4v) is 2.58. The highest BCUT2D eigenvalue weighted by Crippen LogP contribution is 2.16. The van der Waals surface area contributed by atoms with Crippen LogP contribution in [0.25, 0.3) is 5.69 Å². The van der Waals surface area contributed by atoms with Gasteiger partial charge < -0.3 is 5.32 Å². The van der Waals surface area contributed by atoms with Crippen molar-refractivity contribution < 1.29 is 4.79 Å². The Morgan fingerprint density at radius 2 is 1.96 bits per heavy atom. The molecular weight excluding hydrogens is 300 g/mol. The SMILES string of the molecule is CCc1c(C(=O)NCc2ccccn2)cnn1-c1ccc(C)cc1. The average molecular weight is 320 g/mol. The molecule has 1 aromatic carbocycles. The fraction of sp³-hybridized carbons (Fsp3) is 0.211. The van der Waals surface area contributed by atoms with Crippen LogP contribution in [0.5, 0.6) is 0 Å². The van der Waals surface area contributed by atoms with Gasteiger partial charge in [-0.05, 0) is 37.6 Å². The second-order valence-electron chi connectivity index (χ2n) is 5.61. The maximum atomic E-state index is 12.5. The molecule has 0 unspecified atom stereocenters. The Bertz CT molecular complexity index is 822. The maximum Gasteiger partial charge on any atom is 0.255 e. The normalized spacial score (nSPS) is 10.6. The molecule has 24 heavy (non-hydrogen) atoms. The number of aryl methyl sites for hydroxylation is 1. The number of carbonyl (C=O) groups excluding carboxylic acids is 1. The van der Waals surface area contributed by atoms with E-state index in [-0.39, 0.29) is 5.91 Å². The summed E-state index contributed by atoms with van der Waals surface area (Å²) in [5, 5.41) is 7.31. The third-order valence-electron chi connectivity index (χ3n) is 3.88. The smallest absolute Gasteiger partial charge is 0.255 e. The largest absolute Gasteiger partial charge is 0.346 e. The van der Waals surface area contributed by atoms with Gasteiger partial charge in [-0.15, -0.1) is 0 Å². The van der Waals surface area contributed by atoms with Crippen LogP contribution in [0.2, 0.25) is 0 Å². The quantitative estimate of drug-likeness (QED) is 0.786. The molecule has 0 bridgehead atoms. The molecule has 3 aromatic rings. The van der Waals surface area contributed by atoms with Crippen molar-refractivity contribution in [3.05, 3.63) is 77.4 Å². The van der Waals surface area contributed by atoms with E-state index in [9.17, 15) is 4.79 Å². The lowest BCUT2D eigenvalue weighted by atomic mass is 10.1. The summed E-state index contributed by atoms with van der Waals surface area (Å²) < 4.78 is 1.83. The summed E-state index contributed by atoms with van der Waals surface area (Å²) in [5.74, 6) is -0.129. The summed E-state index contributed by atoms with van der Waals surface area (Å²) in [6.45, 7) is 4.47. The van der Waals surface area contributed by atoms with Gasteiger partial charge in [-0.2, -0.15) is 5.10 Å². The summed E-state index contributed by atoms with van der Waals surface area (Å²) in [7, 11) is 0. The van der Waals surface area contributed by atoms with Gasteiger partial charge in [0.25, 0.3) is 5.91 Å². The minimum Gasteiger partial charge on any atom is -0.346 e. The van der Waals surface area contributed by atoms with E-state index in [2.05, 4.69) is 15.4 Å². The van der Waals surface area contributed by atoms with E-state index < -0.39 is 0 Å². The van der Waals surface area contributed by atoms with Crippen molar-refractivity contribution in [2.75, 3.05) is 0 Å². The zero-order valence-corrected chi connectivity index (χ0v) is 13.9. The number of rotatable bonds is 5. The molecule has 1 amide bonds. The topological polar surface area (TPSA) is 59.8 Å². The molecule has 1 N–H and O–H groups in total. The summed E-state index contributed by atoms with van der Waals surface area (Å²) in [4.78, 5) is 16.7. The number of pyridine rings is 1. The van der Waals surface area contributed by atoms with Crippen LogP contribution in [0, 0.1) is 6.92 Å². The minimum atomic E-state index is -0.129. The molecule has 0 atom stereocenters. The van der Waals surface area contributed by atoms with E-state index in [0.717, 1.165) is 23.5 Å². The first-order chi connectivity index (χ1) is 11.7. The Kier molecular flexibility index (Phi) is 4.70. The molecule has 0 saturated heterocycles. The van der Waals surface area contributed by atoms with Gasteiger partial charge in [0.05, 0.1) is 35.4 Å². The highest BCUT2D eigenvalue weighted by molar-refractivity contribution is 5.95. The number of nitrogens with zero attached hydrogens (tertiary/aromatic N) is 3. The lowest BCUT2D eigenvalue weighted by Crippen LogP contribution is -2.24. The zero-order valence-electron chi connectivity index (χ0n) is 13.9. The highest BCUT2D eigenvalue weighted by Gasteiger charge is 2.17. The van der Waals surface area contributed by atoms with Gasteiger partial charge >= 0.3 is 0 Å². The Morgan fingerprint density at radius 3 is 2.62 bits per heavy atom. The predicted molar refractivity (Wildman–Crippen MR) is 93.1 cm³/mol. The lowest BCUT2D eigenvalue weighted by molar-refractivity contribution is 0.0949. The number of benzene rings is 1. The molecule has 0 fully saturated rings. The Labute approximate surface area is 141 Å². The molecular formula is C19H20N4O. The van der Waals surface area contributed by atoms with Crippen LogP contribution in [0.3, 0.4) is 0 Å². The predicted octanol–water partition coefficient (Wildman–Crippen LogP) is 3.07. The van der Waals surface area contributed by atoms with Gasteiger partial charge in [0.1, 0.15) is 0 Å². The molecule has 2 aromatic heterocycles. The van der Waals surface area contributed by atoms with Crippen molar-refractivity contribution in [1.82, 2.24) is 20.1 Å². The number of aromatic nitrogens is 3. The van der Waals surface area contributed by atoms with E-state index in [1.54, 1.807) is 12.4 Å². The summed E-state index contributed by atoms with van der Waals surface area (Å²) in [6.07, 6.45) is 4.07. The molecule has 2 heterocycles.